The van der Waals surface area contributed by atoms with Crippen molar-refractivity contribution < 1.29 is 4.79 Å². The SMILES string of the molecule is Cn1c(N)c(C(=O)CSc2nnc(C3CC3)n2-c2ccccc2)c(=O)n(C)c1=O. The predicted molar refractivity (Wildman–Crippen MR) is 110 cm³/mol. The molecule has 1 aliphatic carbocycles. The third-order valence-electron chi connectivity index (χ3n) is 4.94. The van der Waals surface area contributed by atoms with Crippen molar-refractivity contribution in [3.05, 3.63) is 62.6 Å². The Hall–Kier alpha value is -3.14. The molecule has 1 aromatic carbocycles. The average Bonchev–Trinajstić information content (AvgIpc) is 3.49. The number of hydrogen-bond acceptors (Lipinski definition) is 7. The monoisotopic (exact) mass is 412 g/mol. The maximum Gasteiger partial charge on any atom is 0.332 e. The van der Waals surface area contributed by atoms with Gasteiger partial charge in [0.05, 0.1) is 5.75 Å². The summed E-state index contributed by atoms with van der Waals surface area (Å²) in [6, 6.07) is 9.71. The van der Waals surface area contributed by atoms with Gasteiger partial charge in [0.15, 0.2) is 10.9 Å². The zero-order chi connectivity index (χ0) is 20.7. The van der Waals surface area contributed by atoms with E-state index in [9.17, 15) is 14.4 Å². The Bertz CT molecular complexity index is 1210. The topological polar surface area (TPSA) is 118 Å². The van der Waals surface area contributed by atoms with Crippen LogP contribution >= 0.6 is 11.8 Å². The first kappa shape index (κ1) is 19.2. The summed E-state index contributed by atoms with van der Waals surface area (Å²) in [5, 5.41) is 9.17. The Kier molecular flexibility index (Phi) is 4.87. The lowest BCUT2D eigenvalue weighted by Gasteiger charge is -2.11. The number of hydrogen-bond donors (Lipinski definition) is 1. The van der Waals surface area contributed by atoms with E-state index in [0.717, 1.165) is 33.5 Å². The van der Waals surface area contributed by atoms with E-state index in [1.807, 2.05) is 34.9 Å². The number of nitrogen functional groups attached to an aromatic ring is 1. The number of nitrogens with two attached hydrogens (primary N) is 1. The molecule has 10 heteroatoms. The summed E-state index contributed by atoms with van der Waals surface area (Å²) in [7, 11) is 2.75. The predicted octanol–water partition coefficient (Wildman–Crippen LogP) is 1.10. The van der Waals surface area contributed by atoms with Gasteiger partial charge in [-0.05, 0) is 25.0 Å². The molecule has 0 bridgehead atoms. The minimum Gasteiger partial charge on any atom is -0.384 e. The second-order valence-corrected chi connectivity index (χ2v) is 7.91. The average molecular weight is 412 g/mol. The first-order valence-corrected chi connectivity index (χ1v) is 10.1. The molecule has 150 valence electrons. The van der Waals surface area contributed by atoms with Gasteiger partial charge in [-0.3, -0.25) is 23.3 Å². The van der Waals surface area contributed by atoms with Crippen LogP contribution in [0.3, 0.4) is 0 Å². The summed E-state index contributed by atoms with van der Waals surface area (Å²) in [4.78, 5) is 37.1. The van der Waals surface area contributed by atoms with Gasteiger partial charge < -0.3 is 5.73 Å². The van der Waals surface area contributed by atoms with Crippen molar-refractivity contribution in [1.29, 1.82) is 0 Å². The van der Waals surface area contributed by atoms with Crippen LogP contribution in [0.5, 0.6) is 0 Å². The van der Waals surface area contributed by atoms with Crippen molar-refractivity contribution >= 4 is 23.4 Å². The Balaban J connectivity index is 1.65. The van der Waals surface area contributed by atoms with Gasteiger partial charge in [0.1, 0.15) is 17.2 Å². The smallest absolute Gasteiger partial charge is 0.332 e. The highest BCUT2D eigenvalue weighted by Gasteiger charge is 2.31. The van der Waals surface area contributed by atoms with Crippen LogP contribution in [0.4, 0.5) is 5.82 Å². The molecule has 29 heavy (non-hydrogen) atoms. The largest absolute Gasteiger partial charge is 0.384 e. The molecule has 4 rings (SSSR count). The number of carbonyl (C=O) groups excluding carboxylic acids is 1. The molecule has 0 aliphatic heterocycles. The van der Waals surface area contributed by atoms with Gasteiger partial charge in [-0.2, -0.15) is 0 Å². The molecule has 9 nitrogen and oxygen atoms in total. The summed E-state index contributed by atoms with van der Waals surface area (Å²) >= 11 is 1.19. The Morgan fingerprint density at radius 2 is 1.83 bits per heavy atom. The molecule has 0 atom stereocenters. The number of nitrogens with zero attached hydrogens (tertiary/aromatic N) is 5. The molecule has 0 amide bonds. The van der Waals surface area contributed by atoms with Gasteiger partial charge in [0, 0.05) is 25.7 Å². The van der Waals surface area contributed by atoms with E-state index in [2.05, 4.69) is 10.2 Å². The van der Waals surface area contributed by atoms with E-state index in [1.165, 1.54) is 25.9 Å². The summed E-state index contributed by atoms with van der Waals surface area (Å²) < 4.78 is 3.93. The van der Waals surface area contributed by atoms with Crippen LogP contribution in [0.2, 0.25) is 0 Å². The highest BCUT2D eigenvalue weighted by Crippen LogP contribution is 2.41. The van der Waals surface area contributed by atoms with E-state index in [1.54, 1.807) is 0 Å². The summed E-state index contributed by atoms with van der Waals surface area (Å²) in [5.74, 6) is 0.613. The molecule has 1 fully saturated rings. The Labute approximate surface area is 170 Å². The zero-order valence-corrected chi connectivity index (χ0v) is 16.8. The van der Waals surface area contributed by atoms with Crippen LogP contribution in [0.15, 0.2) is 45.1 Å². The maximum atomic E-state index is 12.8. The number of thioether (sulfide) groups is 1. The minimum atomic E-state index is -0.695. The lowest BCUT2D eigenvalue weighted by molar-refractivity contribution is 0.102. The minimum absolute atomic E-state index is 0.0483. The zero-order valence-electron chi connectivity index (χ0n) is 16.0. The first-order valence-electron chi connectivity index (χ1n) is 9.12. The van der Waals surface area contributed by atoms with E-state index < -0.39 is 17.0 Å². The molecule has 2 N–H and O–H groups in total. The molecular formula is C19H20N6O3S. The number of Topliss-reactive ketones (excluding diaryl/α,β-unsaturated/α-hetero) is 1. The highest BCUT2D eigenvalue weighted by atomic mass is 32.2. The molecule has 2 heterocycles. The number of anilines is 1. The third kappa shape index (κ3) is 3.39. The molecule has 1 aliphatic rings. The quantitative estimate of drug-likeness (QED) is 0.476. The lowest BCUT2D eigenvalue weighted by atomic mass is 10.2. The molecular weight excluding hydrogens is 392 g/mol. The van der Waals surface area contributed by atoms with E-state index in [0.29, 0.717) is 11.1 Å². The summed E-state index contributed by atoms with van der Waals surface area (Å²) in [6.07, 6.45) is 2.14. The second-order valence-electron chi connectivity index (χ2n) is 6.96. The third-order valence-corrected chi connectivity index (χ3v) is 5.87. The van der Waals surface area contributed by atoms with E-state index in [-0.39, 0.29) is 17.1 Å². The van der Waals surface area contributed by atoms with Gasteiger partial charge in [0.25, 0.3) is 5.56 Å². The van der Waals surface area contributed by atoms with Crippen molar-refractivity contribution in [3.63, 3.8) is 0 Å². The van der Waals surface area contributed by atoms with Crippen LogP contribution in [0.1, 0.15) is 34.9 Å². The van der Waals surface area contributed by atoms with Crippen LogP contribution in [0.25, 0.3) is 5.69 Å². The molecule has 0 saturated heterocycles. The normalized spacial score (nSPS) is 13.6. The van der Waals surface area contributed by atoms with Crippen molar-refractivity contribution in [2.45, 2.75) is 23.9 Å². The number of para-hydroxylation sites is 1. The fourth-order valence-corrected chi connectivity index (χ4v) is 3.96. The summed E-state index contributed by atoms with van der Waals surface area (Å²) in [6.45, 7) is 0. The molecule has 0 spiro atoms. The van der Waals surface area contributed by atoms with Gasteiger partial charge in [-0.15, -0.1) is 10.2 Å². The van der Waals surface area contributed by atoms with Crippen LogP contribution in [-0.2, 0) is 14.1 Å². The van der Waals surface area contributed by atoms with Crippen molar-refractivity contribution in [2.75, 3.05) is 11.5 Å². The van der Waals surface area contributed by atoms with E-state index >= 15 is 0 Å². The summed E-state index contributed by atoms with van der Waals surface area (Å²) in [5.41, 5.74) is 5.35. The molecule has 0 unspecified atom stereocenters. The standard InChI is InChI=1S/C19H20N6O3S/c1-23-15(20)14(17(27)24(2)19(23)28)13(26)10-29-18-22-21-16(11-8-9-11)25(18)12-6-4-3-5-7-12/h3-7,11H,8-10,20H2,1-2H3. The molecule has 0 radical (unpaired) electrons. The Morgan fingerprint density at radius 1 is 1.14 bits per heavy atom. The number of benzene rings is 1. The number of carbonyl (C=O) groups is 1. The Morgan fingerprint density at radius 3 is 2.48 bits per heavy atom. The lowest BCUT2D eigenvalue weighted by Crippen LogP contribution is -2.41. The van der Waals surface area contributed by atoms with Crippen molar-refractivity contribution in [3.8, 4) is 5.69 Å². The van der Waals surface area contributed by atoms with Crippen LogP contribution in [-0.4, -0.2) is 35.4 Å². The molecule has 2 aromatic heterocycles. The van der Waals surface area contributed by atoms with E-state index in [4.69, 9.17) is 5.73 Å². The van der Waals surface area contributed by atoms with Gasteiger partial charge in [0.2, 0.25) is 0 Å². The van der Waals surface area contributed by atoms with Crippen molar-refractivity contribution in [1.82, 2.24) is 23.9 Å². The fraction of sp³-hybridized carbons (Fsp3) is 0.316. The van der Waals surface area contributed by atoms with Crippen LogP contribution < -0.4 is 17.0 Å². The maximum absolute atomic E-state index is 12.8. The first-order chi connectivity index (χ1) is 13.9. The van der Waals surface area contributed by atoms with Gasteiger partial charge in [-0.25, -0.2) is 4.79 Å². The fourth-order valence-electron chi connectivity index (χ4n) is 3.12. The second kappa shape index (κ2) is 7.36. The van der Waals surface area contributed by atoms with Crippen molar-refractivity contribution in [2.24, 2.45) is 14.1 Å². The molecule has 3 aromatic rings. The van der Waals surface area contributed by atoms with Gasteiger partial charge >= 0.3 is 5.69 Å². The number of ketones is 1. The number of aromatic nitrogens is 5. The highest BCUT2D eigenvalue weighted by molar-refractivity contribution is 7.99. The van der Waals surface area contributed by atoms with Crippen LogP contribution in [0, 0.1) is 0 Å². The molecule has 1 saturated carbocycles. The number of rotatable bonds is 6. The van der Waals surface area contributed by atoms with Gasteiger partial charge in [-0.1, -0.05) is 30.0 Å².